The largest absolute Gasteiger partial charge is 0.397 e. The average Bonchev–Trinajstić information content (AvgIpc) is 2.84. The third-order valence-corrected chi connectivity index (χ3v) is 5.33. The number of carbonyl (C=O) groups is 1. The van der Waals surface area contributed by atoms with Crippen LogP contribution in [0.1, 0.15) is 23.5 Å². The molecule has 2 N–H and O–H groups in total. The van der Waals surface area contributed by atoms with E-state index < -0.39 is 0 Å². The number of fused-ring (bicyclic) bond motifs is 1. The van der Waals surface area contributed by atoms with Crippen molar-refractivity contribution in [1.29, 1.82) is 0 Å². The minimum absolute atomic E-state index is 0.0521. The van der Waals surface area contributed by atoms with Gasteiger partial charge in [-0.3, -0.25) is 14.7 Å². The summed E-state index contributed by atoms with van der Waals surface area (Å²) in [6, 6.07) is 2.26. The Labute approximate surface area is 128 Å². The molecule has 5 nitrogen and oxygen atoms in total. The van der Waals surface area contributed by atoms with Gasteiger partial charge in [0, 0.05) is 43.5 Å². The summed E-state index contributed by atoms with van der Waals surface area (Å²) in [5.41, 5.74) is 6.75. The van der Waals surface area contributed by atoms with E-state index in [4.69, 9.17) is 5.73 Å². The molecule has 1 amide bonds. The van der Waals surface area contributed by atoms with E-state index >= 15 is 0 Å². The van der Waals surface area contributed by atoms with Crippen LogP contribution in [0.2, 0.25) is 0 Å². The van der Waals surface area contributed by atoms with Crippen LogP contribution < -0.4 is 5.73 Å². The molecule has 1 aliphatic heterocycles. The molecule has 3 rings (SSSR count). The number of hydrogen-bond acceptors (Lipinski definition) is 5. The van der Waals surface area contributed by atoms with E-state index in [0.717, 1.165) is 36.3 Å². The number of nitrogen functional groups attached to an aromatic ring is 1. The van der Waals surface area contributed by atoms with Crippen LogP contribution >= 0.6 is 11.3 Å². The van der Waals surface area contributed by atoms with Gasteiger partial charge in [-0.15, -0.1) is 11.3 Å². The molecular formula is C15H20N4OS. The lowest BCUT2D eigenvalue weighted by Gasteiger charge is -2.39. The van der Waals surface area contributed by atoms with Gasteiger partial charge >= 0.3 is 0 Å². The zero-order valence-electron chi connectivity index (χ0n) is 12.4. The maximum atomic E-state index is 12.7. The highest BCUT2D eigenvalue weighted by Crippen LogP contribution is 2.34. The number of amides is 1. The zero-order chi connectivity index (χ0) is 15.0. The van der Waals surface area contributed by atoms with E-state index in [0.29, 0.717) is 16.6 Å². The minimum atomic E-state index is 0.0521. The first kappa shape index (κ1) is 14.3. The monoisotopic (exact) mass is 304 g/mol. The first-order valence-electron chi connectivity index (χ1n) is 7.27. The molecule has 1 unspecified atom stereocenters. The van der Waals surface area contributed by atoms with E-state index in [2.05, 4.69) is 23.7 Å². The third-order valence-electron chi connectivity index (χ3n) is 4.18. The molecule has 2 aromatic heterocycles. The highest BCUT2D eigenvalue weighted by molar-refractivity contribution is 7.21. The molecule has 0 aromatic carbocycles. The van der Waals surface area contributed by atoms with Crippen LogP contribution in [-0.4, -0.2) is 52.9 Å². The van der Waals surface area contributed by atoms with Crippen molar-refractivity contribution < 1.29 is 4.79 Å². The average molecular weight is 304 g/mol. The molecule has 0 saturated carbocycles. The number of pyridine rings is 1. The molecule has 2 aromatic rings. The number of piperazine rings is 1. The van der Waals surface area contributed by atoms with Gasteiger partial charge < -0.3 is 10.6 Å². The van der Waals surface area contributed by atoms with Crippen molar-refractivity contribution >= 4 is 33.0 Å². The number of likely N-dealkylation sites (N-methyl/N-ethyl adjacent to an activating group) is 1. The maximum Gasteiger partial charge on any atom is 0.266 e. The van der Waals surface area contributed by atoms with Crippen molar-refractivity contribution in [1.82, 2.24) is 14.8 Å². The molecule has 21 heavy (non-hydrogen) atoms. The molecule has 0 radical (unpaired) electrons. The Kier molecular flexibility index (Phi) is 3.82. The van der Waals surface area contributed by atoms with Gasteiger partial charge in [0.2, 0.25) is 0 Å². The number of thiophene rings is 1. The van der Waals surface area contributed by atoms with Gasteiger partial charge in [0.1, 0.15) is 4.88 Å². The first-order valence-corrected chi connectivity index (χ1v) is 8.08. The molecule has 0 spiro atoms. The molecule has 6 heteroatoms. The van der Waals surface area contributed by atoms with Crippen molar-refractivity contribution in [3.05, 3.63) is 23.3 Å². The van der Waals surface area contributed by atoms with Crippen LogP contribution in [0.4, 0.5) is 5.69 Å². The maximum absolute atomic E-state index is 12.7. The van der Waals surface area contributed by atoms with E-state index in [1.165, 1.54) is 11.3 Å². The Balaban J connectivity index is 1.86. The molecule has 0 aliphatic carbocycles. The van der Waals surface area contributed by atoms with Crippen LogP contribution in [0.25, 0.3) is 10.1 Å². The van der Waals surface area contributed by atoms with E-state index in [9.17, 15) is 4.79 Å². The summed E-state index contributed by atoms with van der Waals surface area (Å²) in [6.07, 6.45) is 3.48. The van der Waals surface area contributed by atoms with Gasteiger partial charge in [-0.05, 0) is 19.5 Å². The van der Waals surface area contributed by atoms with Gasteiger partial charge in [-0.2, -0.15) is 0 Å². The molecule has 3 heterocycles. The highest BCUT2D eigenvalue weighted by Gasteiger charge is 2.28. The summed E-state index contributed by atoms with van der Waals surface area (Å²) in [6.45, 7) is 7.81. The number of rotatable bonds is 2. The van der Waals surface area contributed by atoms with Gasteiger partial charge in [-0.1, -0.05) is 6.92 Å². The van der Waals surface area contributed by atoms with Crippen molar-refractivity contribution in [2.24, 2.45) is 0 Å². The van der Waals surface area contributed by atoms with E-state index in [-0.39, 0.29) is 5.91 Å². The predicted octanol–water partition coefficient (Wildman–Crippen LogP) is 2.04. The number of nitrogens with two attached hydrogens (primary N) is 1. The smallest absolute Gasteiger partial charge is 0.266 e. The second kappa shape index (κ2) is 5.61. The Morgan fingerprint density at radius 3 is 3.00 bits per heavy atom. The van der Waals surface area contributed by atoms with Crippen molar-refractivity contribution in [2.75, 3.05) is 31.9 Å². The SMILES string of the molecule is CCN1CCN(C(=O)c2sc3cnccc3c2N)CC1C. The van der Waals surface area contributed by atoms with Gasteiger partial charge in [0.05, 0.1) is 10.4 Å². The molecule has 1 atom stereocenters. The number of nitrogens with zero attached hydrogens (tertiary/aromatic N) is 3. The minimum Gasteiger partial charge on any atom is -0.397 e. The molecule has 112 valence electrons. The van der Waals surface area contributed by atoms with E-state index in [1.54, 1.807) is 12.4 Å². The quantitative estimate of drug-likeness (QED) is 0.922. The summed E-state index contributed by atoms with van der Waals surface area (Å²) < 4.78 is 0.971. The lowest BCUT2D eigenvalue weighted by molar-refractivity contribution is 0.0533. The number of hydrogen-bond donors (Lipinski definition) is 1. The first-order chi connectivity index (χ1) is 10.1. The fourth-order valence-electron chi connectivity index (χ4n) is 2.92. The van der Waals surface area contributed by atoms with Crippen LogP contribution in [-0.2, 0) is 0 Å². The van der Waals surface area contributed by atoms with Crippen LogP contribution in [0.15, 0.2) is 18.5 Å². The summed E-state index contributed by atoms with van der Waals surface area (Å²) in [4.78, 5) is 21.8. The molecule has 0 bridgehead atoms. The van der Waals surface area contributed by atoms with Gasteiger partial charge in [0.25, 0.3) is 5.91 Å². The normalized spacial score (nSPS) is 20.1. The lowest BCUT2D eigenvalue weighted by Crippen LogP contribution is -2.53. The third kappa shape index (κ3) is 2.49. The highest BCUT2D eigenvalue weighted by atomic mass is 32.1. The second-order valence-corrected chi connectivity index (χ2v) is 6.50. The summed E-state index contributed by atoms with van der Waals surface area (Å²) in [7, 11) is 0. The van der Waals surface area contributed by atoms with Crippen LogP contribution in [0.3, 0.4) is 0 Å². The summed E-state index contributed by atoms with van der Waals surface area (Å²) in [5, 5.41) is 0.929. The Bertz CT molecular complexity index is 669. The van der Waals surface area contributed by atoms with Gasteiger partial charge in [-0.25, -0.2) is 0 Å². The fraction of sp³-hybridized carbons (Fsp3) is 0.467. The number of carbonyl (C=O) groups excluding carboxylic acids is 1. The van der Waals surface area contributed by atoms with Crippen molar-refractivity contribution in [3.63, 3.8) is 0 Å². The number of anilines is 1. The van der Waals surface area contributed by atoms with Crippen molar-refractivity contribution in [3.8, 4) is 0 Å². The molecule has 1 fully saturated rings. The Morgan fingerprint density at radius 1 is 1.52 bits per heavy atom. The fourth-order valence-corrected chi connectivity index (χ4v) is 3.98. The molecule has 1 saturated heterocycles. The number of aromatic nitrogens is 1. The van der Waals surface area contributed by atoms with Crippen LogP contribution in [0, 0.1) is 0 Å². The Hall–Kier alpha value is -1.66. The molecule has 1 aliphatic rings. The van der Waals surface area contributed by atoms with Gasteiger partial charge in [0.15, 0.2) is 0 Å². The van der Waals surface area contributed by atoms with Crippen molar-refractivity contribution in [2.45, 2.75) is 19.9 Å². The lowest BCUT2D eigenvalue weighted by atomic mass is 10.1. The molecular weight excluding hydrogens is 284 g/mol. The summed E-state index contributed by atoms with van der Waals surface area (Å²) in [5.74, 6) is 0.0521. The van der Waals surface area contributed by atoms with E-state index in [1.807, 2.05) is 11.0 Å². The predicted molar refractivity (Wildman–Crippen MR) is 86.6 cm³/mol. The topological polar surface area (TPSA) is 62.5 Å². The standard InChI is InChI=1S/C15H20N4OS/c1-3-18-6-7-19(9-10(18)2)15(20)14-13(16)11-4-5-17-8-12(11)21-14/h4-5,8,10H,3,6-7,9,16H2,1-2H3. The summed E-state index contributed by atoms with van der Waals surface area (Å²) >= 11 is 1.44. The Morgan fingerprint density at radius 2 is 2.33 bits per heavy atom. The zero-order valence-corrected chi connectivity index (χ0v) is 13.2. The second-order valence-electron chi connectivity index (χ2n) is 5.45. The van der Waals surface area contributed by atoms with Crippen LogP contribution in [0.5, 0.6) is 0 Å².